The molecule has 14 heavy (non-hydrogen) atoms. The van der Waals surface area contributed by atoms with Gasteiger partial charge in [-0.2, -0.15) is 0 Å². The summed E-state index contributed by atoms with van der Waals surface area (Å²) >= 11 is 0. The first kappa shape index (κ1) is 13.8. The molecule has 0 saturated heterocycles. The van der Waals surface area contributed by atoms with E-state index in [1.807, 2.05) is 20.9 Å². The molecule has 0 aromatic rings. The summed E-state index contributed by atoms with van der Waals surface area (Å²) in [4.78, 5) is 0. The zero-order valence-electron chi connectivity index (χ0n) is 9.45. The largest absolute Gasteiger partial charge is 0.396 e. The first-order valence-electron chi connectivity index (χ1n) is 5.22. The summed E-state index contributed by atoms with van der Waals surface area (Å²) in [6.07, 6.45) is 0.835. The zero-order chi connectivity index (χ0) is 10.8. The minimum atomic E-state index is 0.115. The predicted octanol–water partition coefficient (Wildman–Crippen LogP) is 0.398. The molecule has 0 rings (SSSR count). The number of aliphatic hydroxyl groups excluding tert-OH is 1. The predicted molar refractivity (Wildman–Crippen MR) is 56.5 cm³/mol. The third-order valence-corrected chi connectivity index (χ3v) is 2.02. The highest BCUT2D eigenvalue weighted by Crippen LogP contribution is 1.97. The lowest BCUT2D eigenvalue weighted by Crippen LogP contribution is -2.33. The summed E-state index contributed by atoms with van der Waals surface area (Å²) in [7, 11) is 1.87. The van der Waals surface area contributed by atoms with Crippen molar-refractivity contribution >= 4 is 0 Å². The second-order valence-electron chi connectivity index (χ2n) is 3.30. The van der Waals surface area contributed by atoms with Gasteiger partial charge in [0.05, 0.1) is 19.3 Å². The Balaban J connectivity index is 3.46. The molecule has 2 atom stereocenters. The Kier molecular flexibility index (Phi) is 9.29. The van der Waals surface area contributed by atoms with Gasteiger partial charge in [-0.15, -0.1) is 0 Å². The lowest BCUT2D eigenvalue weighted by atomic mass is 10.2. The van der Waals surface area contributed by atoms with Crippen LogP contribution in [0.25, 0.3) is 0 Å². The highest BCUT2D eigenvalue weighted by molar-refractivity contribution is 4.63. The summed E-state index contributed by atoms with van der Waals surface area (Å²) in [6.45, 7) is 6.11. The molecule has 0 aliphatic carbocycles. The molecule has 86 valence electrons. The number of aliphatic hydroxyl groups is 1. The Hall–Kier alpha value is -0.160. The number of ether oxygens (including phenoxy) is 2. The lowest BCUT2D eigenvalue weighted by Gasteiger charge is -2.18. The van der Waals surface area contributed by atoms with Crippen LogP contribution in [0.15, 0.2) is 0 Å². The van der Waals surface area contributed by atoms with Gasteiger partial charge in [0, 0.05) is 19.3 Å². The van der Waals surface area contributed by atoms with Crippen molar-refractivity contribution in [1.29, 1.82) is 0 Å². The molecule has 0 amide bonds. The Morgan fingerprint density at radius 1 is 1.36 bits per heavy atom. The Morgan fingerprint density at radius 2 is 2.07 bits per heavy atom. The highest BCUT2D eigenvalue weighted by atomic mass is 16.5. The second-order valence-corrected chi connectivity index (χ2v) is 3.30. The van der Waals surface area contributed by atoms with E-state index in [1.165, 1.54) is 0 Å². The minimum Gasteiger partial charge on any atom is -0.396 e. The highest BCUT2D eigenvalue weighted by Gasteiger charge is 2.08. The first-order valence-corrected chi connectivity index (χ1v) is 5.22. The van der Waals surface area contributed by atoms with E-state index in [0.29, 0.717) is 13.2 Å². The van der Waals surface area contributed by atoms with Crippen molar-refractivity contribution in [1.82, 2.24) is 5.32 Å². The van der Waals surface area contributed by atoms with Crippen LogP contribution in [0.4, 0.5) is 0 Å². The standard InChI is InChI=1S/C10H23NO3/c1-4-13-7-9(2)14-8-10(11-3)5-6-12/h9-12H,4-8H2,1-3H3. The molecule has 2 N–H and O–H groups in total. The first-order chi connectivity index (χ1) is 6.74. The molecule has 0 aromatic heterocycles. The van der Waals surface area contributed by atoms with E-state index in [1.54, 1.807) is 0 Å². The number of hydrogen-bond acceptors (Lipinski definition) is 4. The van der Waals surface area contributed by atoms with E-state index in [9.17, 15) is 0 Å². The van der Waals surface area contributed by atoms with Gasteiger partial charge in [-0.1, -0.05) is 0 Å². The van der Waals surface area contributed by atoms with E-state index in [2.05, 4.69) is 5.32 Å². The molecule has 0 spiro atoms. The monoisotopic (exact) mass is 205 g/mol. The smallest absolute Gasteiger partial charge is 0.0781 e. The quantitative estimate of drug-likeness (QED) is 0.572. The molecule has 4 heteroatoms. The summed E-state index contributed by atoms with van der Waals surface area (Å²) in [5.74, 6) is 0. The van der Waals surface area contributed by atoms with E-state index in [-0.39, 0.29) is 18.8 Å². The van der Waals surface area contributed by atoms with Crippen molar-refractivity contribution in [3.05, 3.63) is 0 Å². The molecule has 0 heterocycles. The van der Waals surface area contributed by atoms with Gasteiger partial charge in [-0.25, -0.2) is 0 Å². The SMILES string of the molecule is CCOCC(C)OCC(CCO)NC. The Bertz CT molecular complexity index is 122. The van der Waals surface area contributed by atoms with Crippen LogP contribution in [0.1, 0.15) is 20.3 Å². The molecular weight excluding hydrogens is 182 g/mol. The molecule has 2 unspecified atom stereocenters. The van der Waals surface area contributed by atoms with Gasteiger partial charge in [0.15, 0.2) is 0 Å². The average Bonchev–Trinajstić information content (AvgIpc) is 2.21. The van der Waals surface area contributed by atoms with Crippen LogP contribution in [-0.4, -0.2) is 50.7 Å². The van der Waals surface area contributed by atoms with Crippen molar-refractivity contribution in [2.24, 2.45) is 0 Å². The van der Waals surface area contributed by atoms with Gasteiger partial charge in [0.25, 0.3) is 0 Å². The van der Waals surface area contributed by atoms with Crippen LogP contribution in [-0.2, 0) is 9.47 Å². The molecular formula is C10H23NO3. The van der Waals surface area contributed by atoms with Crippen LogP contribution >= 0.6 is 0 Å². The maximum atomic E-state index is 8.75. The molecule has 0 aliphatic rings. The molecule has 0 radical (unpaired) electrons. The fourth-order valence-electron chi connectivity index (χ4n) is 1.08. The van der Waals surface area contributed by atoms with E-state index in [4.69, 9.17) is 14.6 Å². The van der Waals surface area contributed by atoms with Gasteiger partial charge in [0.2, 0.25) is 0 Å². The van der Waals surface area contributed by atoms with Crippen molar-refractivity contribution in [3.8, 4) is 0 Å². The molecule has 4 nitrogen and oxygen atoms in total. The van der Waals surface area contributed by atoms with Crippen LogP contribution in [0.3, 0.4) is 0 Å². The molecule has 0 saturated carbocycles. The van der Waals surface area contributed by atoms with Crippen LogP contribution in [0.5, 0.6) is 0 Å². The Labute approximate surface area is 86.6 Å². The number of likely N-dealkylation sites (N-methyl/N-ethyl adjacent to an activating group) is 1. The van der Waals surface area contributed by atoms with Gasteiger partial charge < -0.3 is 19.9 Å². The summed E-state index contributed by atoms with van der Waals surface area (Å²) in [6, 6.07) is 0.226. The fraction of sp³-hybridized carbons (Fsp3) is 1.00. The average molecular weight is 205 g/mol. The second kappa shape index (κ2) is 9.40. The molecule has 0 fully saturated rings. The summed E-state index contributed by atoms with van der Waals surface area (Å²) in [5.41, 5.74) is 0. The van der Waals surface area contributed by atoms with Crippen molar-refractivity contribution in [2.75, 3.05) is 33.5 Å². The van der Waals surface area contributed by atoms with E-state index < -0.39 is 0 Å². The number of hydrogen-bond donors (Lipinski definition) is 2. The summed E-state index contributed by atoms with van der Waals surface area (Å²) < 4.78 is 10.8. The molecule has 0 aromatic carbocycles. The topological polar surface area (TPSA) is 50.7 Å². The van der Waals surface area contributed by atoms with Crippen molar-refractivity contribution in [2.45, 2.75) is 32.4 Å². The maximum absolute atomic E-state index is 8.75. The normalized spacial score (nSPS) is 15.4. The molecule has 0 aliphatic heterocycles. The number of nitrogens with one attached hydrogen (secondary N) is 1. The minimum absolute atomic E-state index is 0.115. The zero-order valence-corrected chi connectivity index (χ0v) is 9.45. The fourth-order valence-corrected chi connectivity index (χ4v) is 1.08. The van der Waals surface area contributed by atoms with E-state index >= 15 is 0 Å². The van der Waals surface area contributed by atoms with Crippen LogP contribution in [0, 0.1) is 0 Å². The van der Waals surface area contributed by atoms with Crippen LogP contribution in [0.2, 0.25) is 0 Å². The number of rotatable bonds is 9. The Morgan fingerprint density at radius 3 is 2.57 bits per heavy atom. The van der Waals surface area contributed by atoms with Gasteiger partial charge in [-0.05, 0) is 27.3 Å². The maximum Gasteiger partial charge on any atom is 0.0781 e. The van der Waals surface area contributed by atoms with Crippen LogP contribution < -0.4 is 5.32 Å². The third kappa shape index (κ3) is 7.26. The summed E-state index contributed by atoms with van der Waals surface area (Å²) in [5, 5.41) is 11.8. The van der Waals surface area contributed by atoms with Gasteiger partial charge >= 0.3 is 0 Å². The van der Waals surface area contributed by atoms with Crippen molar-refractivity contribution in [3.63, 3.8) is 0 Å². The lowest BCUT2D eigenvalue weighted by molar-refractivity contribution is -0.0126. The van der Waals surface area contributed by atoms with E-state index in [0.717, 1.165) is 13.0 Å². The van der Waals surface area contributed by atoms with Gasteiger partial charge in [0.1, 0.15) is 0 Å². The van der Waals surface area contributed by atoms with Crippen molar-refractivity contribution < 1.29 is 14.6 Å². The third-order valence-electron chi connectivity index (χ3n) is 2.02. The van der Waals surface area contributed by atoms with Gasteiger partial charge in [-0.3, -0.25) is 0 Å². The molecule has 0 bridgehead atoms.